The average molecular weight is 322 g/mol. The van der Waals surface area contributed by atoms with Gasteiger partial charge in [-0.2, -0.15) is 0 Å². The third-order valence-corrected chi connectivity index (χ3v) is 3.16. The van der Waals surface area contributed by atoms with E-state index in [-0.39, 0.29) is 15.7 Å². The van der Waals surface area contributed by atoms with E-state index < -0.39 is 10.8 Å². The molecule has 0 radical (unpaired) electrons. The Hall–Kier alpha value is -2.28. The molecule has 0 fully saturated rings. The van der Waals surface area contributed by atoms with Crippen molar-refractivity contribution in [2.45, 2.75) is 0 Å². The van der Waals surface area contributed by atoms with Crippen LogP contribution in [0.15, 0.2) is 47.1 Å². The van der Waals surface area contributed by atoms with Crippen molar-refractivity contribution in [1.82, 2.24) is 4.98 Å². The quantitative estimate of drug-likeness (QED) is 0.695. The van der Waals surface area contributed by atoms with Crippen molar-refractivity contribution >= 4 is 33.3 Å². The monoisotopic (exact) mass is 321 g/mol. The maximum atomic E-state index is 12.0. The molecule has 2 aromatic rings. The summed E-state index contributed by atoms with van der Waals surface area (Å²) in [5, 5.41) is 13.3. The third kappa shape index (κ3) is 2.94. The van der Waals surface area contributed by atoms with E-state index in [0.29, 0.717) is 5.82 Å². The molecule has 0 saturated heterocycles. The Bertz CT molecular complexity index is 631. The Morgan fingerprint density at radius 2 is 2.05 bits per heavy atom. The van der Waals surface area contributed by atoms with Crippen LogP contribution in [0.1, 0.15) is 10.4 Å². The van der Waals surface area contributed by atoms with Gasteiger partial charge < -0.3 is 5.32 Å². The predicted molar refractivity (Wildman–Crippen MR) is 73.0 cm³/mol. The molecule has 0 aliphatic carbocycles. The number of nitro groups is 1. The number of benzene rings is 1. The fourth-order valence-electron chi connectivity index (χ4n) is 1.46. The third-order valence-electron chi connectivity index (χ3n) is 2.33. The number of nitrogens with one attached hydrogen (secondary N) is 1. The van der Waals surface area contributed by atoms with Gasteiger partial charge in [0.2, 0.25) is 0 Å². The van der Waals surface area contributed by atoms with Crippen molar-refractivity contribution in [2.24, 2.45) is 0 Å². The van der Waals surface area contributed by atoms with E-state index in [4.69, 9.17) is 0 Å². The number of anilines is 1. The molecule has 1 aromatic heterocycles. The molecule has 1 aromatic carbocycles. The standard InChI is InChI=1S/C12H8BrN3O3/c13-11-8(4-3-5-9(11)16(18)19)12(17)15-10-6-1-2-7-14-10/h1-7H,(H,14,15,17). The number of carbonyl (C=O) groups is 1. The highest BCUT2D eigenvalue weighted by atomic mass is 79.9. The van der Waals surface area contributed by atoms with Gasteiger partial charge in [0, 0.05) is 12.3 Å². The number of nitrogens with zero attached hydrogens (tertiary/aromatic N) is 2. The summed E-state index contributed by atoms with van der Waals surface area (Å²) in [5.41, 5.74) is 0.0218. The molecule has 0 atom stereocenters. The van der Waals surface area contributed by atoms with Gasteiger partial charge in [0.05, 0.1) is 10.5 Å². The van der Waals surface area contributed by atoms with E-state index in [0.717, 1.165) is 0 Å². The van der Waals surface area contributed by atoms with Crippen LogP contribution in [0.2, 0.25) is 0 Å². The van der Waals surface area contributed by atoms with Gasteiger partial charge in [-0.05, 0) is 34.1 Å². The summed E-state index contributed by atoms with van der Waals surface area (Å²) in [7, 11) is 0. The number of hydrogen-bond acceptors (Lipinski definition) is 4. The summed E-state index contributed by atoms with van der Waals surface area (Å²) in [6, 6.07) is 9.35. The van der Waals surface area contributed by atoms with Crippen LogP contribution in [0.4, 0.5) is 11.5 Å². The molecule has 0 bridgehead atoms. The van der Waals surface area contributed by atoms with Crippen molar-refractivity contribution in [1.29, 1.82) is 0 Å². The van der Waals surface area contributed by atoms with Crippen molar-refractivity contribution in [3.8, 4) is 0 Å². The zero-order valence-electron chi connectivity index (χ0n) is 9.54. The Morgan fingerprint density at radius 1 is 1.26 bits per heavy atom. The molecule has 0 unspecified atom stereocenters. The molecule has 96 valence electrons. The molecule has 2 rings (SSSR count). The average Bonchev–Trinajstić information content (AvgIpc) is 2.39. The Kier molecular flexibility index (Phi) is 3.86. The zero-order chi connectivity index (χ0) is 13.8. The number of carbonyl (C=O) groups excluding carboxylic acids is 1. The van der Waals surface area contributed by atoms with Gasteiger partial charge in [0.1, 0.15) is 10.3 Å². The normalized spacial score (nSPS) is 9.95. The second-order valence-electron chi connectivity index (χ2n) is 3.56. The minimum Gasteiger partial charge on any atom is -0.307 e. The van der Waals surface area contributed by atoms with Crippen LogP contribution in [0.25, 0.3) is 0 Å². The first-order valence-corrected chi connectivity index (χ1v) is 6.04. The molecule has 6 nitrogen and oxygen atoms in total. The van der Waals surface area contributed by atoms with Crippen LogP contribution in [-0.2, 0) is 0 Å². The highest BCUT2D eigenvalue weighted by Gasteiger charge is 2.19. The first kappa shape index (κ1) is 13.2. The molecule has 0 aliphatic heterocycles. The molecule has 1 N–H and O–H groups in total. The summed E-state index contributed by atoms with van der Waals surface area (Å²) in [5.74, 6) is -0.0832. The molecule has 0 aliphatic rings. The largest absolute Gasteiger partial charge is 0.307 e. The van der Waals surface area contributed by atoms with Crippen molar-refractivity contribution < 1.29 is 9.72 Å². The minimum absolute atomic E-state index is 0.147. The molecule has 0 saturated carbocycles. The lowest BCUT2D eigenvalue weighted by atomic mass is 10.2. The van der Waals surface area contributed by atoms with Crippen molar-refractivity contribution in [3.05, 3.63) is 62.7 Å². The maximum absolute atomic E-state index is 12.0. The summed E-state index contributed by atoms with van der Waals surface area (Å²) in [4.78, 5) is 26.2. The second-order valence-corrected chi connectivity index (χ2v) is 4.36. The second kappa shape index (κ2) is 5.57. The number of pyridine rings is 1. The first-order chi connectivity index (χ1) is 9.09. The zero-order valence-corrected chi connectivity index (χ0v) is 11.1. The van der Waals surface area contributed by atoms with Crippen molar-refractivity contribution in [3.63, 3.8) is 0 Å². The molecular formula is C12H8BrN3O3. The summed E-state index contributed by atoms with van der Waals surface area (Å²) >= 11 is 3.07. The van der Waals surface area contributed by atoms with Crippen LogP contribution in [0.5, 0.6) is 0 Å². The Balaban J connectivity index is 2.30. The minimum atomic E-state index is -0.554. The lowest BCUT2D eigenvalue weighted by Gasteiger charge is -2.06. The van der Waals surface area contributed by atoms with E-state index in [1.54, 1.807) is 18.2 Å². The lowest BCUT2D eigenvalue weighted by molar-refractivity contribution is -0.385. The molecular weight excluding hydrogens is 314 g/mol. The van der Waals surface area contributed by atoms with Crippen LogP contribution in [-0.4, -0.2) is 15.8 Å². The number of hydrogen-bond donors (Lipinski definition) is 1. The predicted octanol–water partition coefficient (Wildman–Crippen LogP) is 3.00. The number of aromatic nitrogens is 1. The maximum Gasteiger partial charge on any atom is 0.284 e. The summed E-state index contributed by atoms with van der Waals surface area (Å²) < 4.78 is 0.147. The number of amides is 1. The highest BCUT2D eigenvalue weighted by molar-refractivity contribution is 9.10. The number of nitro benzene ring substituents is 1. The van der Waals surface area contributed by atoms with Gasteiger partial charge in [-0.15, -0.1) is 0 Å². The summed E-state index contributed by atoms with van der Waals surface area (Å²) in [6.45, 7) is 0. The van der Waals surface area contributed by atoms with E-state index in [1.807, 2.05) is 0 Å². The molecule has 0 spiro atoms. The van der Waals surface area contributed by atoms with Gasteiger partial charge in [-0.1, -0.05) is 12.1 Å². The van der Waals surface area contributed by atoms with Gasteiger partial charge in [0.15, 0.2) is 0 Å². The van der Waals surface area contributed by atoms with Crippen LogP contribution in [0.3, 0.4) is 0 Å². The smallest absolute Gasteiger partial charge is 0.284 e. The summed E-state index contributed by atoms with van der Waals surface area (Å²) in [6.07, 6.45) is 1.54. The van der Waals surface area contributed by atoms with E-state index >= 15 is 0 Å². The fraction of sp³-hybridized carbons (Fsp3) is 0. The fourth-order valence-corrected chi connectivity index (χ4v) is 2.05. The first-order valence-electron chi connectivity index (χ1n) is 5.25. The van der Waals surface area contributed by atoms with Crippen molar-refractivity contribution in [2.75, 3.05) is 5.32 Å². The van der Waals surface area contributed by atoms with E-state index in [9.17, 15) is 14.9 Å². The molecule has 7 heteroatoms. The Labute approximate surface area is 116 Å². The van der Waals surface area contributed by atoms with E-state index in [2.05, 4.69) is 26.2 Å². The van der Waals surface area contributed by atoms with Gasteiger partial charge in [-0.3, -0.25) is 14.9 Å². The van der Waals surface area contributed by atoms with Gasteiger partial charge in [0.25, 0.3) is 11.6 Å². The van der Waals surface area contributed by atoms with Gasteiger partial charge >= 0.3 is 0 Å². The van der Waals surface area contributed by atoms with Crippen LogP contribution < -0.4 is 5.32 Å². The van der Waals surface area contributed by atoms with Crippen LogP contribution >= 0.6 is 15.9 Å². The van der Waals surface area contributed by atoms with Crippen LogP contribution in [0, 0.1) is 10.1 Å². The van der Waals surface area contributed by atoms with E-state index in [1.165, 1.54) is 24.4 Å². The Morgan fingerprint density at radius 3 is 2.68 bits per heavy atom. The molecule has 19 heavy (non-hydrogen) atoms. The molecule has 1 amide bonds. The molecule has 1 heterocycles. The number of rotatable bonds is 3. The lowest BCUT2D eigenvalue weighted by Crippen LogP contribution is -2.13. The SMILES string of the molecule is O=C(Nc1ccccn1)c1cccc([N+](=O)[O-])c1Br. The highest BCUT2D eigenvalue weighted by Crippen LogP contribution is 2.28. The number of halogens is 1. The topological polar surface area (TPSA) is 85.1 Å². The van der Waals surface area contributed by atoms with Gasteiger partial charge in [-0.25, -0.2) is 4.98 Å².